The Labute approximate surface area is 62.0 Å². The molecule has 0 saturated heterocycles. The first-order chi connectivity index (χ1) is 2.00. The van der Waals surface area contributed by atoms with Crippen LogP contribution in [0.2, 0.25) is 0 Å². The fraction of sp³-hybridized carbons (Fsp3) is 1.00. The Balaban J connectivity index is -0.0000000133. The zero-order valence-corrected chi connectivity index (χ0v) is 5.41. The van der Waals surface area contributed by atoms with Crippen molar-refractivity contribution in [3.8, 4) is 0 Å². The summed E-state index contributed by atoms with van der Waals surface area (Å²) in [4.78, 5) is 29.3. The first-order valence-electron chi connectivity index (χ1n) is 0.894. The molecule has 0 saturated carbocycles. The van der Waals surface area contributed by atoms with Gasteiger partial charge in [-0.15, -0.1) is 0 Å². The Morgan fingerprint density at radius 2 is 1.00 bits per heavy atom. The van der Waals surface area contributed by atoms with Crippen molar-refractivity contribution in [3.63, 3.8) is 0 Å². The summed E-state index contributed by atoms with van der Waals surface area (Å²) in [7, 11) is -4.61. The van der Waals surface area contributed by atoms with Crippen LogP contribution < -0.4 is 0 Å². The first-order valence-corrected chi connectivity index (χ1v) is 2.68. The van der Waals surface area contributed by atoms with Crippen molar-refractivity contribution in [1.82, 2.24) is 0 Å². The van der Waals surface area contributed by atoms with E-state index in [1.165, 1.54) is 0 Å². The SMILES string of the molecule is C.O[Si](O)(O)O.[H-].[H-].[Mg+2]. The summed E-state index contributed by atoms with van der Waals surface area (Å²) in [6, 6.07) is 0. The summed E-state index contributed by atoms with van der Waals surface area (Å²) in [6.45, 7) is 0. The summed E-state index contributed by atoms with van der Waals surface area (Å²) in [5.41, 5.74) is 0. The largest absolute Gasteiger partial charge is 2.00 e. The molecule has 0 heterocycles. The standard InChI is InChI=1S/CH4.Mg.H4O4Si.2H/c;;1-5(2,3)4;;/h1H4;;1-4H;;/q;+2;;2*-1. The molecule has 0 amide bonds. The van der Waals surface area contributed by atoms with E-state index in [-0.39, 0.29) is 33.3 Å². The molecule has 4 N–H and O–H groups in total. The van der Waals surface area contributed by atoms with Crippen molar-refractivity contribution in [2.45, 2.75) is 7.43 Å². The van der Waals surface area contributed by atoms with Gasteiger partial charge in [-0.3, -0.25) is 0 Å². The molecular formula is CH10MgO4Si. The second-order valence-electron chi connectivity index (χ2n) is 0.600. The van der Waals surface area contributed by atoms with Crippen LogP contribution in [0.1, 0.15) is 10.3 Å². The summed E-state index contributed by atoms with van der Waals surface area (Å²) in [6.07, 6.45) is 0. The maximum atomic E-state index is 7.33. The Bertz CT molecular complexity index is 34.0. The third-order valence-corrected chi connectivity index (χ3v) is 0. The topological polar surface area (TPSA) is 80.9 Å². The maximum absolute atomic E-state index is 7.33. The number of hydrogen-bond donors (Lipinski definition) is 4. The summed E-state index contributed by atoms with van der Waals surface area (Å²) >= 11 is 0. The van der Waals surface area contributed by atoms with Crippen LogP contribution in [0.3, 0.4) is 0 Å². The van der Waals surface area contributed by atoms with Crippen LogP contribution in [-0.2, 0) is 0 Å². The van der Waals surface area contributed by atoms with E-state index in [0.29, 0.717) is 0 Å². The molecule has 44 valence electrons. The normalized spacial score (nSPS) is 8.57. The van der Waals surface area contributed by atoms with E-state index in [0.717, 1.165) is 0 Å². The fourth-order valence-corrected chi connectivity index (χ4v) is 0. The van der Waals surface area contributed by atoms with Crippen molar-refractivity contribution >= 4 is 32.1 Å². The Morgan fingerprint density at radius 3 is 1.00 bits per heavy atom. The minimum atomic E-state index is -4.61. The van der Waals surface area contributed by atoms with Crippen molar-refractivity contribution in [1.29, 1.82) is 0 Å². The average molecular weight is 138 g/mol. The fourth-order valence-electron chi connectivity index (χ4n) is 0. The zero-order chi connectivity index (χ0) is 4.50. The van der Waals surface area contributed by atoms with E-state index < -0.39 is 9.05 Å². The van der Waals surface area contributed by atoms with Gasteiger partial charge >= 0.3 is 32.1 Å². The molecule has 0 aromatic rings. The summed E-state index contributed by atoms with van der Waals surface area (Å²) < 4.78 is 0. The monoisotopic (exact) mass is 138 g/mol. The molecule has 0 fully saturated rings. The molecule has 7 heavy (non-hydrogen) atoms. The Hall–Kier alpha value is 0.823. The van der Waals surface area contributed by atoms with Gasteiger partial charge in [0.25, 0.3) is 0 Å². The van der Waals surface area contributed by atoms with Crippen molar-refractivity contribution < 1.29 is 22.0 Å². The minimum absolute atomic E-state index is 0. The minimum Gasteiger partial charge on any atom is -1.00 e. The van der Waals surface area contributed by atoms with E-state index >= 15 is 0 Å². The molecule has 6 heteroatoms. The molecule has 0 aromatic carbocycles. The van der Waals surface area contributed by atoms with Gasteiger partial charge in [0.2, 0.25) is 0 Å². The molecule has 4 nitrogen and oxygen atoms in total. The van der Waals surface area contributed by atoms with E-state index in [4.69, 9.17) is 19.2 Å². The molecule has 0 unspecified atom stereocenters. The van der Waals surface area contributed by atoms with Gasteiger partial charge in [-0.25, -0.2) is 0 Å². The third kappa shape index (κ3) is 234. The molecule has 0 spiro atoms. The van der Waals surface area contributed by atoms with E-state index in [1.807, 2.05) is 0 Å². The predicted molar refractivity (Wildman–Crippen MR) is 29.3 cm³/mol. The second kappa shape index (κ2) is 4.97. The van der Waals surface area contributed by atoms with Crippen molar-refractivity contribution in [3.05, 3.63) is 0 Å². The van der Waals surface area contributed by atoms with E-state index in [2.05, 4.69) is 0 Å². The molecule has 0 aliphatic rings. The second-order valence-corrected chi connectivity index (χ2v) is 1.80. The van der Waals surface area contributed by atoms with Crippen LogP contribution in [0, 0.1) is 0 Å². The van der Waals surface area contributed by atoms with Gasteiger partial charge in [-0.1, -0.05) is 7.43 Å². The predicted octanol–water partition coefficient (Wildman–Crippen LogP) is -2.13. The van der Waals surface area contributed by atoms with Gasteiger partial charge in [0.15, 0.2) is 0 Å². The van der Waals surface area contributed by atoms with Gasteiger partial charge in [0, 0.05) is 0 Å². The maximum Gasteiger partial charge on any atom is 2.00 e. The average Bonchev–Trinajstić information content (AvgIpc) is 0.722. The van der Waals surface area contributed by atoms with Crippen LogP contribution in [0.15, 0.2) is 0 Å². The summed E-state index contributed by atoms with van der Waals surface area (Å²) in [5, 5.41) is 0. The molecule has 0 aliphatic carbocycles. The number of hydrogen-bond acceptors (Lipinski definition) is 4. The van der Waals surface area contributed by atoms with Crippen LogP contribution in [0.4, 0.5) is 0 Å². The molecular weight excluding hydrogens is 128 g/mol. The van der Waals surface area contributed by atoms with Gasteiger partial charge in [-0.2, -0.15) is 0 Å². The smallest absolute Gasteiger partial charge is 1.00 e. The molecule has 0 bridgehead atoms. The summed E-state index contributed by atoms with van der Waals surface area (Å²) in [5.74, 6) is 0. The Kier molecular flexibility index (Phi) is 11.1. The molecule has 0 atom stereocenters. The van der Waals surface area contributed by atoms with Crippen LogP contribution >= 0.6 is 0 Å². The third-order valence-electron chi connectivity index (χ3n) is 0. The molecule has 0 aliphatic heterocycles. The molecule has 0 aromatic heterocycles. The van der Waals surface area contributed by atoms with Crippen LogP contribution in [0.25, 0.3) is 0 Å². The zero-order valence-electron chi connectivity index (χ0n) is 5.00. The van der Waals surface area contributed by atoms with Crippen LogP contribution in [-0.4, -0.2) is 51.3 Å². The van der Waals surface area contributed by atoms with Gasteiger partial charge < -0.3 is 22.0 Å². The van der Waals surface area contributed by atoms with Crippen molar-refractivity contribution in [2.24, 2.45) is 0 Å². The van der Waals surface area contributed by atoms with Gasteiger partial charge in [0.1, 0.15) is 0 Å². The quantitative estimate of drug-likeness (QED) is 0.288. The van der Waals surface area contributed by atoms with Gasteiger partial charge in [-0.05, 0) is 0 Å². The Morgan fingerprint density at radius 1 is 1.00 bits per heavy atom. The van der Waals surface area contributed by atoms with Gasteiger partial charge in [0.05, 0.1) is 0 Å². The van der Waals surface area contributed by atoms with Crippen LogP contribution in [0.5, 0.6) is 0 Å². The molecule has 0 radical (unpaired) electrons. The number of rotatable bonds is 0. The van der Waals surface area contributed by atoms with Crippen molar-refractivity contribution in [2.75, 3.05) is 0 Å². The van der Waals surface area contributed by atoms with E-state index in [1.54, 1.807) is 0 Å². The van der Waals surface area contributed by atoms with E-state index in [9.17, 15) is 0 Å². The molecule has 0 rings (SSSR count). The first kappa shape index (κ1) is 15.7.